The molecule has 0 aromatic heterocycles. The Morgan fingerprint density at radius 1 is 1.22 bits per heavy atom. The Morgan fingerprint density at radius 2 is 1.89 bits per heavy atom. The van der Waals surface area contributed by atoms with Crippen LogP contribution < -0.4 is 5.73 Å². The Balaban J connectivity index is 2.19. The molecular weight excluding hydrogens is 232 g/mol. The summed E-state index contributed by atoms with van der Waals surface area (Å²) in [4.78, 5) is 24.7. The maximum Gasteiger partial charge on any atom is 0.323 e. The zero-order valence-corrected chi connectivity index (χ0v) is 10.7. The van der Waals surface area contributed by atoms with E-state index in [9.17, 15) is 9.59 Å². The van der Waals surface area contributed by atoms with E-state index < -0.39 is 12.0 Å². The second-order valence-corrected chi connectivity index (χ2v) is 5.51. The van der Waals surface area contributed by atoms with Crippen molar-refractivity contribution in [1.29, 1.82) is 0 Å². The van der Waals surface area contributed by atoms with Gasteiger partial charge in [0.1, 0.15) is 6.54 Å². The van der Waals surface area contributed by atoms with Crippen molar-refractivity contribution in [3.05, 3.63) is 0 Å². The summed E-state index contributed by atoms with van der Waals surface area (Å²) in [5.74, 6) is -0.649. The van der Waals surface area contributed by atoms with E-state index in [1.54, 1.807) is 0 Å². The van der Waals surface area contributed by atoms with Gasteiger partial charge in [0.2, 0.25) is 5.91 Å². The van der Waals surface area contributed by atoms with Gasteiger partial charge in [-0.2, -0.15) is 0 Å². The van der Waals surface area contributed by atoms with Crippen molar-refractivity contribution in [3.8, 4) is 0 Å². The molecule has 0 bridgehead atoms. The second-order valence-electron chi connectivity index (χ2n) is 5.51. The van der Waals surface area contributed by atoms with E-state index in [-0.39, 0.29) is 18.5 Å². The normalized spacial score (nSPS) is 33.5. The first-order chi connectivity index (χ1) is 8.59. The van der Waals surface area contributed by atoms with Crippen molar-refractivity contribution in [2.75, 3.05) is 6.54 Å². The molecule has 0 spiro atoms. The molecule has 102 valence electrons. The SMILES string of the molecule is NC1CCCC2CCCCC2N(CC(=O)O)C1=O. The number of aliphatic carboxylic acids is 1. The molecule has 1 aliphatic heterocycles. The third kappa shape index (κ3) is 2.83. The lowest BCUT2D eigenvalue weighted by molar-refractivity contribution is -0.149. The van der Waals surface area contributed by atoms with Crippen LogP contribution in [0.2, 0.25) is 0 Å². The van der Waals surface area contributed by atoms with Crippen LogP contribution in [0.1, 0.15) is 44.9 Å². The first kappa shape index (κ1) is 13.3. The van der Waals surface area contributed by atoms with Gasteiger partial charge in [-0.25, -0.2) is 0 Å². The van der Waals surface area contributed by atoms with Gasteiger partial charge in [0.15, 0.2) is 0 Å². The number of nitrogens with zero attached hydrogens (tertiary/aromatic N) is 1. The minimum atomic E-state index is -0.944. The van der Waals surface area contributed by atoms with Gasteiger partial charge in [-0.3, -0.25) is 9.59 Å². The van der Waals surface area contributed by atoms with Crippen LogP contribution in [-0.4, -0.2) is 40.5 Å². The van der Waals surface area contributed by atoms with Crippen molar-refractivity contribution >= 4 is 11.9 Å². The minimum Gasteiger partial charge on any atom is -0.480 e. The first-order valence-electron chi connectivity index (χ1n) is 6.87. The van der Waals surface area contributed by atoms with Gasteiger partial charge in [-0.05, 0) is 31.6 Å². The number of nitrogens with two attached hydrogens (primary N) is 1. The van der Waals surface area contributed by atoms with Gasteiger partial charge in [-0.1, -0.05) is 19.3 Å². The number of amides is 1. The number of carbonyl (C=O) groups is 2. The monoisotopic (exact) mass is 254 g/mol. The predicted molar refractivity (Wildman–Crippen MR) is 66.9 cm³/mol. The summed E-state index contributed by atoms with van der Waals surface area (Å²) in [6, 6.07) is -0.430. The van der Waals surface area contributed by atoms with Crippen molar-refractivity contribution in [1.82, 2.24) is 4.90 Å². The minimum absolute atomic E-state index is 0.0914. The van der Waals surface area contributed by atoms with E-state index in [1.807, 2.05) is 0 Å². The average Bonchev–Trinajstić information content (AvgIpc) is 2.34. The second kappa shape index (κ2) is 5.69. The third-order valence-electron chi connectivity index (χ3n) is 4.27. The molecule has 1 heterocycles. The number of fused-ring (bicyclic) bond motifs is 1. The third-order valence-corrected chi connectivity index (χ3v) is 4.27. The summed E-state index contributed by atoms with van der Waals surface area (Å²) in [5.41, 5.74) is 5.85. The van der Waals surface area contributed by atoms with Crippen molar-refractivity contribution in [3.63, 3.8) is 0 Å². The highest BCUT2D eigenvalue weighted by Crippen LogP contribution is 2.34. The van der Waals surface area contributed by atoms with Gasteiger partial charge in [-0.15, -0.1) is 0 Å². The predicted octanol–water partition coefficient (Wildman–Crippen LogP) is 0.970. The summed E-state index contributed by atoms with van der Waals surface area (Å²) in [6.07, 6.45) is 7.05. The highest BCUT2D eigenvalue weighted by Gasteiger charge is 2.37. The Labute approximate surface area is 107 Å². The summed E-state index contributed by atoms with van der Waals surface area (Å²) in [7, 11) is 0. The van der Waals surface area contributed by atoms with Crippen LogP contribution in [0.4, 0.5) is 0 Å². The Kier molecular flexibility index (Phi) is 4.22. The summed E-state index contributed by atoms with van der Waals surface area (Å²) >= 11 is 0. The van der Waals surface area contributed by atoms with Crippen LogP contribution in [0.25, 0.3) is 0 Å². The fourth-order valence-corrected chi connectivity index (χ4v) is 3.38. The molecule has 2 aliphatic rings. The van der Waals surface area contributed by atoms with Crippen molar-refractivity contribution in [2.24, 2.45) is 11.7 Å². The largest absolute Gasteiger partial charge is 0.480 e. The van der Waals surface area contributed by atoms with Crippen LogP contribution in [0, 0.1) is 5.92 Å². The van der Waals surface area contributed by atoms with Crippen molar-refractivity contribution in [2.45, 2.75) is 57.0 Å². The number of hydrogen-bond acceptors (Lipinski definition) is 3. The molecule has 0 aromatic carbocycles. The van der Waals surface area contributed by atoms with Crippen LogP contribution >= 0.6 is 0 Å². The highest BCUT2D eigenvalue weighted by atomic mass is 16.4. The Morgan fingerprint density at radius 3 is 2.61 bits per heavy atom. The van der Waals surface area contributed by atoms with E-state index in [2.05, 4.69) is 0 Å². The zero-order chi connectivity index (χ0) is 13.1. The first-order valence-corrected chi connectivity index (χ1v) is 6.87. The molecular formula is C13H22N2O3. The van der Waals surface area contributed by atoms with Gasteiger partial charge in [0, 0.05) is 6.04 Å². The average molecular weight is 254 g/mol. The lowest BCUT2D eigenvalue weighted by Gasteiger charge is -2.42. The van der Waals surface area contributed by atoms with Crippen LogP contribution in [0.3, 0.4) is 0 Å². The molecule has 5 heteroatoms. The molecule has 5 nitrogen and oxygen atoms in total. The molecule has 2 fully saturated rings. The summed E-state index contributed by atoms with van der Waals surface area (Å²) < 4.78 is 0. The number of rotatable bonds is 2. The van der Waals surface area contributed by atoms with E-state index in [4.69, 9.17) is 10.8 Å². The standard InChI is InChI=1S/C13H22N2O3/c14-10-6-3-5-9-4-1-2-7-11(9)15(13(10)18)8-12(16)17/h9-11H,1-8,14H2,(H,16,17). The smallest absolute Gasteiger partial charge is 0.323 e. The van der Waals surface area contributed by atoms with E-state index in [1.165, 1.54) is 11.3 Å². The fraction of sp³-hybridized carbons (Fsp3) is 0.846. The maximum atomic E-state index is 12.2. The van der Waals surface area contributed by atoms with Crippen LogP contribution in [0.15, 0.2) is 0 Å². The summed E-state index contributed by atoms with van der Waals surface area (Å²) in [5, 5.41) is 8.99. The topological polar surface area (TPSA) is 83.6 Å². The quantitative estimate of drug-likeness (QED) is 0.769. The number of likely N-dealkylation sites (tertiary alicyclic amines) is 1. The molecule has 2 rings (SSSR count). The number of carbonyl (C=O) groups excluding carboxylic acids is 1. The lowest BCUT2D eigenvalue weighted by atomic mass is 9.79. The number of carboxylic acid groups (broad SMARTS) is 1. The molecule has 3 N–H and O–H groups in total. The van der Waals surface area contributed by atoms with Gasteiger partial charge >= 0.3 is 5.97 Å². The highest BCUT2D eigenvalue weighted by molar-refractivity contribution is 5.85. The Bertz CT molecular complexity index is 332. The lowest BCUT2D eigenvalue weighted by Crippen LogP contribution is -2.54. The molecule has 1 amide bonds. The zero-order valence-electron chi connectivity index (χ0n) is 10.7. The molecule has 1 saturated carbocycles. The molecule has 1 saturated heterocycles. The van der Waals surface area contributed by atoms with Crippen LogP contribution in [-0.2, 0) is 9.59 Å². The molecule has 0 radical (unpaired) electrons. The fourth-order valence-electron chi connectivity index (χ4n) is 3.38. The van der Waals surface area contributed by atoms with Gasteiger partial charge in [0.25, 0.3) is 0 Å². The molecule has 3 atom stereocenters. The van der Waals surface area contributed by atoms with Crippen molar-refractivity contribution < 1.29 is 14.7 Å². The molecule has 18 heavy (non-hydrogen) atoms. The van der Waals surface area contributed by atoms with E-state index in [0.29, 0.717) is 12.3 Å². The van der Waals surface area contributed by atoms with E-state index >= 15 is 0 Å². The Hall–Kier alpha value is -1.10. The number of hydrogen-bond donors (Lipinski definition) is 2. The molecule has 0 aromatic rings. The van der Waals surface area contributed by atoms with E-state index in [0.717, 1.165) is 32.1 Å². The molecule has 1 aliphatic carbocycles. The van der Waals surface area contributed by atoms with Gasteiger partial charge < -0.3 is 15.7 Å². The van der Waals surface area contributed by atoms with Crippen LogP contribution in [0.5, 0.6) is 0 Å². The number of carboxylic acids is 1. The summed E-state index contributed by atoms with van der Waals surface area (Å²) in [6.45, 7) is -0.201. The van der Waals surface area contributed by atoms with Gasteiger partial charge in [0.05, 0.1) is 6.04 Å². The molecule has 3 unspecified atom stereocenters. The maximum absolute atomic E-state index is 12.2.